The number of aryl methyl sites for hydroxylation is 2. The van der Waals surface area contributed by atoms with Crippen molar-refractivity contribution in [2.45, 2.75) is 52.6 Å². The molecule has 0 aliphatic carbocycles. The highest BCUT2D eigenvalue weighted by Gasteiger charge is 2.21. The zero-order chi connectivity index (χ0) is 16.8. The maximum atomic E-state index is 11.1. The molecule has 0 amide bonds. The molecular formula is C17H27N5O. The second-order valence-electron chi connectivity index (χ2n) is 6.17. The number of carbonyl (C=O) groups excluding carboxylic acids is 1. The normalized spacial score (nSPS) is 20.0. The molecule has 0 spiro atoms. The van der Waals surface area contributed by atoms with Crippen molar-refractivity contribution < 1.29 is 4.79 Å². The fourth-order valence-electron chi connectivity index (χ4n) is 3.01. The summed E-state index contributed by atoms with van der Waals surface area (Å²) in [6.07, 6.45) is 4.90. The van der Waals surface area contributed by atoms with E-state index in [1.807, 2.05) is 20.8 Å². The first-order chi connectivity index (χ1) is 11.1. The molecule has 6 nitrogen and oxygen atoms in total. The molecular weight excluding hydrogens is 290 g/mol. The van der Waals surface area contributed by atoms with Crippen LogP contribution in [0.5, 0.6) is 0 Å². The van der Waals surface area contributed by atoms with Crippen LogP contribution >= 0.6 is 0 Å². The van der Waals surface area contributed by atoms with Gasteiger partial charge < -0.3 is 15.7 Å². The summed E-state index contributed by atoms with van der Waals surface area (Å²) < 4.78 is 0. The van der Waals surface area contributed by atoms with E-state index in [9.17, 15) is 4.79 Å². The van der Waals surface area contributed by atoms with Crippen LogP contribution in [0.15, 0.2) is 11.3 Å². The van der Waals surface area contributed by atoms with Gasteiger partial charge in [0.1, 0.15) is 12.1 Å². The number of hydrogen-bond acceptors (Lipinski definition) is 5. The van der Waals surface area contributed by atoms with Crippen LogP contribution in [0.1, 0.15) is 43.4 Å². The Kier molecular flexibility index (Phi) is 6.10. The predicted molar refractivity (Wildman–Crippen MR) is 91.7 cm³/mol. The van der Waals surface area contributed by atoms with Crippen molar-refractivity contribution in [3.63, 3.8) is 0 Å². The van der Waals surface area contributed by atoms with Crippen LogP contribution in [-0.2, 0) is 11.3 Å². The van der Waals surface area contributed by atoms with E-state index in [-0.39, 0.29) is 6.04 Å². The molecule has 1 atom stereocenters. The van der Waals surface area contributed by atoms with Crippen molar-refractivity contribution in [2.24, 2.45) is 0 Å². The van der Waals surface area contributed by atoms with Gasteiger partial charge in [-0.2, -0.15) is 0 Å². The van der Waals surface area contributed by atoms with Crippen LogP contribution in [0.25, 0.3) is 0 Å². The highest BCUT2D eigenvalue weighted by atomic mass is 16.1. The zero-order valence-corrected chi connectivity index (χ0v) is 14.3. The van der Waals surface area contributed by atoms with E-state index in [1.54, 1.807) is 0 Å². The number of H-pyrrole nitrogens is 1. The lowest BCUT2D eigenvalue weighted by Gasteiger charge is -2.33. The van der Waals surface area contributed by atoms with Crippen LogP contribution in [-0.4, -0.2) is 46.5 Å². The van der Waals surface area contributed by atoms with Crippen molar-refractivity contribution in [3.05, 3.63) is 28.5 Å². The fourth-order valence-corrected chi connectivity index (χ4v) is 3.01. The number of hydrogen-bond donors (Lipinski definition) is 3. The fraction of sp³-hybridized carbons (Fsp3) is 0.588. The molecule has 1 aromatic heterocycles. The van der Waals surface area contributed by atoms with Crippen LogP contribution in [0.2, 0.25) is 0 Å². The SMILES string of the molecule is CC/C(C=O)=C(/C=N)NC1CCCN(Cc2nc(C)c(C)[nH]2)C1. The Bertz CT molecular complexity index is 570. The molecule has 1 aliphatic heterocycles. The summed E-state index contributed by atoms with van der Waals surface area (Å²) in [5, 5.41) is 10.9. The van der Waals surface area contributed by atoms with Crippen molar-refractivity contribution in [3.8, 4) is 0 Å². The number of carbonyl (C=O) groups is 1. The average molecular weight is 317 g/mol. The molecule has 126 valence electrons. The van der Waals surface area contributed by atoms with Gasteiger partial charge in [-0.15, -0.1) is 0 Å². The summed E-state index contributed by atoms with van der Waals surface area (Å²) in [7, 11) is 0. The molecule has 23 heavy (non-hydrogen) atoms. The second-order valence-corrected chi connectivity index (χ2v) is 6.17. The molecule has 1 saturated heterocycles. The molecule has 0 saturated carbocycles. The van der Waals surface area contributed by atoms with Gasteiger partial charge in [-0.25, -0.2) is 4.98 Å². The van der Waals surface area contributed by atoms with Crippen LogP contribution in [0.3, 0.4) is 0 Å². The Labute approximate surface area is 137 Å². The van der Waals surface area contributed by atoms with Gasteiger partial charge in [0.15, 0.2) is 0 Å². The van der Waals surface area contributed by atoms with Gasteiger partial charge in [-0.05, 0) is 39.7 Å². The molecule has 0 bridgehead atoms. The van der Waals surface area contributed by atoms with Gasteiger partial charge in [-0.1, -0.05) is 6.92 Å². The molecule has 2 heterocycles. The summed E-state index contributed by atoms with van der Waals surface area (Å²) in [5.74, 6) is 1.01. The van der Waals surface area contributed by atoms with E-state index in [0.717, 1.165) is 56.0 Å². The van der Waals surface area contributed by atoms with Gasteiger partial charge in [0.2, 0.25) is 0 Å². The topological polar surface area (TPSA) is 84.9 Å². The van der Waals surface area contributed by atoms with E-state index < -0.39 is 0 Å². The first-order valence-electron chi connectivity index (χ1n) is 8.27. The summed E-state index contributed by atoms with van der Waals surface area (Å²) >= 11 is 0. The third kappa shape index (κ3) is 4.51. The highest BCUT2D eigenvalue weighted by Crippen LogP contribution is 2.15. The quantitative estimate of drug-likeness (QED) is 0.408. The standard InChI is InChI=1S/C17H27N5O/c1-4-14(11-23)16(8-18)21-15-6-5-7-22(9-15)10-17-19-12(2)13(3)20-17/h8,11,15,18,21H,4-7,9-10H2,1-3H3,(H,19,20)/b16-14+,18-8?. The molecule has 2 rings (SSSR count). The average Bonchev–Trinajstić information content (AvgIpc) is 2.85. The van der Waals surface area contributed by atoms with E-state index in [2.05, 4.69) is 20.2 Å². The Morgan fingerprint density at radius 1 is 1.52 bits per heavy atom. The zero-order valence-electron chi connectivity index (χ0n) is 14.3. The molecule has 1 unspecified atom stereocenters. The minimum Gasteiger partial charge on any atom is -0.379 e. The Morgan fingerprint density at radius 2 is 2.30 bits per heavy atom. The molecule has 6 heteroatoms. The number of aldehydes is 1. The number of rotatable bonds is 7. The van der Waals surface area contributed by atoms with Crippen molar-refractivity contribution in [1.82, 2.24) is 20.2 Å². The monoisotopic (exact) mass is 317 g/mol. The van der Waals surface area contributed by atoms with Gasteiger partial charge in [0, 0.05) is 30.1 Å². The van der Waals surface area contributed by atoms with Gasteiger partial charge in [-0.3, -0.25) is 9.69 Å². The number of nitrogens with one attached hydrogen (secondary N) is 3. The number of allylic oxidation sites excluding steroid dienone is 2. The number of aromatic amines is 1. The number of nitrogens with zero attached hydrogens (tertiary/aromatic N) is 2. The van der Waals surface area contributed by atoms with Gasteiger partial charge in [0.25, 0.3) is 0 Å². The van der Waals surface area contributed by atoms with Gasteiger partial charge in [0.05, 0.1) is 17.9 Å². The van der Waals surface area contributed by atoms with Crippen LogP contribution < -0.4 is 5.32 Å². The molecule has 1 aliphatic rings. The summed E-state index contributed by atoms with van der Waals surface area (Å²) in [5.41, 5.74) is 3.49. The maximum absolute atomic E-state index is 11.1. The third-order valence-electron chi connectivity index (χ3n) is 4.43. The minimum absolute atomic E-state index is 0.263. The second kappa shape index (κ2) is 8.06. The molecule has 0 radical (unpaired) electrons. The third-order valence-corrected chi connectivity index (χ3v) is 4.43. The van der Waals surface area contributed by atoms with Crippen molar-refractivity contribution in [1.29, 1.82) is 5.41 Å². The Balaban J connectivity index is 1.98. The van der Waals surface area contributed by atoms with Gasteiger partial charge >= 0.3 is 0 Å². The smallest absolute Gasteiger partial charge is 0.148 e. The van der Waals surface area contributed by atoms with Crippen LogP contribution in [0.4, 0.5) is 0 Å². The van der Waals surface area contributed by atoms with E-state index in [4.69, 9.17) is 5.41 Å². The lowest BCUT2D eigenvalue weighted by Crippen LogP contribution is -2.45. The first kappa shape index (κ1) is 17.4. The molecule has 3 N–H and O–H groups in total. The van der Waals surface area contributed by atoms with E-state index in [0.29, 0.717) is 17.7 Å². The number of aromatic nitrogens is 2. The summed E-state index contributed by atoms with van der Waals surface area (Å²) in [6, 6.07) is 0.263. The number of likely N-dealkylation sites (tertiary alicyclic amines) is 1. The minimum atomic E-state index is 0.263. The Morgan fingerprint density at radius 3 is 2.87 bits per heavy atom. The maximum Gasteiger partial charge on any atom is 0.148 e. The van der Waals surface area contributed by atoms with Crippen LogP contribution in [0, 0.1) is 19.3 Å². The Hall–Kier alpha value is -1.95. The summed E-state index contributed by atoms with van der Waals surface area (Å²) in [4.78, 5) is 21.3. The predicted octanol–water partition coefficient (Wildman–Crippen LogP) is 2.09. The number of piperidine rings is 1. The molecule has 1 fully saturated rings. The molecule has 0 aromatic carbocycles. The van der Waals surface area contributed by atoms with E-state index in [1.165, 1.54) is 6.21 Å². The lowest BCUT2D eigenvalue weighted by atomic mass is 10.0. The van der Waals surface area contributed by atoms with E-state index >= 15 is 0 Å². The summed E-state index contributed by atoms with van der Waals surface area (Å²) in [6.45, 7) is 8.75. The van der Waals surface area contributed by atoms with Crippen molar-refractivity contribution in [2.75, 3.05) is 13.1 Å². The highest BCUT2D eigenvalue weighted by molar-refractivity contribution is 5.87. The number of imidazole rings is 1. The largest absolute Gasteiger partial charge is 0.379 e. The first-order valence-corrected chi connectivity index (χ1v) is 8.27. The molecule has 1 aromatic rings. The van der Waals surface area contributed by atoms with Crippen molar-refractivity contribution >= 4 is 12.5 Å². The lowest BCUT2D eigenvalue weighted by molar-refractivity contribution is -0.105.